The number of aryl methyl sites for hydroxylation is 1. The lowest BCUT2D eigenvalue weighted by molar-refractivity contribution is 0.404. The Hall–Kier alpha value is -2.63. The minimum absolute atomic E-state index is 0.165. The lowest BCUT2D eigenvalue weighted by atomic mass is 9.90. The quantitative estimate of drug-likeness (QED) is 0.258. The molecule has 31 heavy (non-hydrogen) atoms. The summed E-state index contributed by atoms with van der Waals surface area (Å²) in [5.41, 5.74) is 4.84. The second kappa shape index (κ2) is 11.1. The van der Waals surface area contributed by atoms with Gasteiger partial charge in [0.1, 0.15) is 11.6 Å². The molecule has 0 amide bonds. The Kier molecular flexibility index (Phi) is 8.84. The fourth-order valence-electron chi connectivity index (χ4n) is 3.76. The van der Waals surface area contributed by atoms with E-state index in [0.29, 0.717) is 0 Å². The maximum absolute atomic E-state index is 5.34. The van der Waals surface area contributed by atoms with Gasteiger partial charge in [0.15, 0.2) is 5.75 Å². The number of allylic oxidation sites excluding steroid dienone is 3. The largest absolute Gasteiger partial charge is 0.493 e. The smallest absolute Gasteiger partial charge is 0.158 e. The third-order valence-corrected chi connectivity index (χ3v) is 6.05. The van der Waals surface area contributed by atoms with E-state index in [1.165, 1.54) is 29.6 Å². The molecule has 6 heteroatoms. The van der Waals surface area contributed by atoms with Gasteiger partial charge < -0.3 is 15.4 Å². The van der Waals surface area contributed by atoms with Gasteiger partial charge in [0.25, 0.3) is 0 Å². The molecule has 1 aromatic rings. The van der Waals surface area contributed by atoms with Crippen LogP contribution < -0.4 is 15.4 Å². The fourth-order valence-corrected chi connectivity index (χ4v) is 3.76. The predicted molar refractivity (Wildman–Crippen MR) is 130 cm³/mol. The van der Waals surface area contributed by atoms with E-state index >= 15 is 0 Å². The van der Waals surface area contributed by atoms with E-state index < -0.39 is 0 Å². The molecule has 1 fully saturated rings. The molecule has 1 heterocycles. The van der Waals surface area contributed by atoms with Crippen LogP contribution in [-0.4, -0.2) is 35.9 Å². The zero-order chi connectivity index (χ0) is 23.0. The summed E-state index contributed by atoms with van der Waals surface area (Å²) in [6, 6.07) is 0. The average Bonchev–Trinajstić information content (AvgIpc) is 3.47. The molecule has 1 aromatic heterocycles. The predicted octanol–water partition coefficient (Wildman–Crippen LogP) is 5.19. The maximum Gasteiger partial charge on any atom is 0.158 e. The second-order valence-electron chi connectivity index (χ2n) is 8.86. The van der Waals surface area contributed by atoms with Crippen molar-refractivity contribution in [3.63, 3.8) is 0 Å². The van der Waals surface area contributed by atoms with Gasteiger partial charge in [-0.2, -0.15) is 0 Å². The molecular weight excluding hydrogens is 386 g/mol. The summed E-state index contributed by atoms with van der Waals surface area (Å²) in [7, 11) is 1.65. The van der Waals surface area contributed by atoms with E-state index in [-0.39, 0.29) is 11.5 Å². The van der Waals surface area contributed by atoms with Gasteiger partial charge >= 0.3 is 0 Å². The summed E-state index contributed by atoms with van der Waals surface area (Å²) in [4.78, 5) is 13.7. The molecule has 0 radical (unpaired) electrons. The standard InChI is InChI=1S/C25H39N5O/c1-9-27-15-12-20(24-28-16-22(31-8)19(5)29-24)10-11-21(17(2)3)18(4)23(26-7)30-25(6)13-14-25/h9,16,20,27,30H,1,7,10-15H2,2-6,8H3/b23-18-. The van der Waals surface area contributed by atoms with Crippen molar-refractivity contribution < 1.29 is 4.74 Å². The molecule has 6 nitrogen and oxygen atoms in total. The van der Waals surface area contributed by atoms with Crippen LogP contribution in [0, 0.1) is 6.92 Å². The first-order valence-electron chi connectivity index (χ1n) is 11.1. The molecular formula is C25H39N5O. The molecule has 0 aromatic carbocycles. The molecule has 2 rings (SSSR count). The highest BCUT2D eigenvalue weighted by Gasteiger charge is 2.38. The van der Waals surface area contributed by atoms with Crippen molar-refractivity contribution in [3.8, 4) is 5.75 Å². The minimum atomic E-state index is 0.165. The molecule has 170 valence electrons. The minimum Gasteiger partial charge on any atom is -0.493 e. The summed E-state index contributed by atoms with van der Waals surface area (Å²) in [6.45, 7) is 19.1. The topological polar surface area (TPSA) is 71.4 Å². The van der Waals surface area contributed by atoms with Crippen LogP contribution >= 0.6 is 0 Å². The van der Waals surface area contributed by atoms with E-state index in [2.05, 4.69) is 61.6 Å². The summed E-state index contributed by atoms with van der Waals surface area (Å²) in [6.07, 6.45) is 8.67. The van der Waals surface area contributed by atoms with Gasteiger partial charge in [-0.05, 0) is 90.8 Å². The highest BCUT2D eigenvalue weighted by molar-refractivity contribution is 5.40. The molecule has 1 unspecified atom stereocenters. The Morgan fingerprint density at radius 2 is 2.03 bits per heavy atom. The van der Waals surface area contributed by atoms with Crippen LogP contribution in [0.4, 0.5) is 0 Å². The van der Waals surface area contributed by atoms with Gasteiger partial charge in [0.05, 0.1) is 19.0 Å². The lowest BCUT2D eigenvalue weighted by Gasteiger charge is -2.21. The molecule has 0 saturated heterocycles. The first-order chi connectivity index (χ1) is 14.7. The van der Waals surface area contributed by atoms with Gasteiger partial charge in [-0.1, -0.05) is 12.2 Å². The first kappa shape index (κ1) is 24.6. The maximum atomic E-state index is 5.34. The Morgan fingerprint density at radius 3 is 2.55 bits per heavy atom. The summed E-state index contributed by atoms with van der Waals surface area (Å²) >= 11 is 0. The number of nitrogens with zero attached hydrogens (tertiary/aromatic N) is 3. The van der Waals surface area contributed by atoms with Gasteiger partial charge in [-0.25, -0.2) is 15.0 Å². The number of nitrogens with one attached hydrogen (secondary N) is 2. The monoisotopic (exact) mass is 425 g/mol. The van der Waals surface area contributed by atoms with Gasteiger partial charge in [-0.15, -0.1) is 0 Å². The zero-order valence-electron chi connectivity index (χ0n) is 20.1. The van der Waals surface area contributed by atoms with Crippen molar-refractivity contribution >= 4 is 6.72 Å². The molecule has 1 aliphatic rings. The van der Waals surface area contributed by atoms with Crippen LogP contribution in [-0.2, 0) is 0 Å². The van der Waals surface area contributed by atoms with E-state index in [4.69, 9.17) is 9.72 Å². The third-order valence-electron chi connectivity index (χ3n) is 6.05. The van der Waals surface area contributed by atoms with Crippen molar-refractivity contribution in [2.24, 2.45) is 4.99 Å². The van der Waals surface area contributed by atoms with E-state index in [1.54, 1.807) is 19.5 Å². The van der Waals surface area contributed by atoms with Crippen LogP contribution in [0.15, 0.2) is 46.5 Å². The average molecular weight is 426 g/mol. The van der Waals surface area contributed by atoms with Gasteiger partial charge in [0, 0.05) is 18.0 Å². The Bertz CT molecular complexity index is 847. The fraction of sp³-hybridized carbons (Fsp3) is 0.560. The van der Waals surface area contributed by atoms with Crippen molar-refractivity contribution in [1.82, 2.24) is 20.6 Å². The number of hydrogen-bond donors (Lipinski definition) is 2. The van der Waals surface area contributed by atoms with Crippen molar-refractivity contribution in [2.75, 3.05) is 13.7 Å². The van der Waals surface area contributed by atoms with E-state index in [9.17, 15) is 0 Å². The second-order valence-corrected chi connectivity index (χ2v) is 8.86. The highest BCUT2D eigenvalue weighted by Crippen LogP contribution is 2.37. The lowest BCUT2D eigenvalue weighted by Crippen LogP contribution is -2.27. The summed E-state index contributed by atoms with van der Waals surface area (Å²) in [5, 5.41) is 6.80. The normalized spacial score (nSPS) is 15.9. The number of hydrogen-bond acceptors (Lipinski definition) is 6. The number of ether oxygens (including phenoxy) is 1. The molecule has 0 bridgehead atoms. The number of rotatable bonds is 13. The van der Waals surface area contributed by atoms with Gasteiger partial charge in [-0.3, -0.25) is 0 Å². The number of aromatic nitrogens is 2. The van der Waals surface area contributed by atoms with Crippen LogP contribution in [0.3, 0.4) is 0 Å². The molecule has 2 N–H and O–H groups in total. The van der Waals surface area contributed by atoms with E-state index in [0.717, 1.165) is 48.9 Å². The van der Waals surface area contributed by atoms with E-state index in [1.807, 2.05) is 6.92 Å². The zero-order valence-corrected chi connectivity index (χ0v) is 20.1. The molecule has 0 aliphatic heterocycles. The number of aliphatic imine (C=N–C) groups is 1. The summed E-state index contributed by atoms with van der Waals surface area (Å²) < 4.78 is 5.34. The Balaban J connectivity index is 2.23. The van der Waals surface area contributed by atoms with Crippen molar-refractivity contribution in [3.05, 3.63) is 53.0 Å². The Labute approximate surface area is 188 Å². The highest BCUT2D eigenvalue weighted by atomic mass is 16.5. The first-order valence-corrected chi connectivity index (χ1v) is 11.1. The van der Waals surface area contributed by atoms with Crippen molar-refractivity contribution in [1.29, 1.82) is 0 Å². The van der Waals surface area contributed by atoms with Crippen molar-refractivity contribution in [2.45, 2.75) is 78.2 Å². The SMILES string of the molecule is C=CNCCC(CCC(=C(C)C)/C(C)=C(/N=C)NC1(C)CC1)c1ncc(OC)c(C)n1. The molecule has 0 spiro atoms. The third kappa shape index (κ3) is 6.94. The van der Waals surface area contributed by atoms with Gasteiger partial charge in [0.2, 0.25) is 0 Å². The molecule has 1 aliphatic carbocycles. The van der Waals surface area contributed by atoms with Crippen LogP contribution in [0.5, 0.6) is 5.75 Å². The molecule has 1 atom stereocenters. The van der Waals surface area contributed by atoms with Crippen LogP contribution in [0.2, 0.25) is 0 Å². The Morgan fingerprint density at radius 1 is 1.32 bits per heavy atom. The molecule has 1 saturated carbocycles. The number of methoxy groups -OCH3 is 1. The van der Waals surface area contributed by atoms with Crippen LogP contribution in [0.1, 0.15) is 77.2 Å². The van der Waals surface area contributed by atoms with Crippen LogP contribution in [0.25, 0.3) is 0 Å². The summed E-state index contributed by atoms with van der Waals surface area (Å²) in [5.74, 6) is 2.72.